The van der Waals surface area contributed by atoms with Crippen molar-refractivity contribution >= 4 is 6.09 Å². The Morgan fingerprint density at radius 1 is 1.35 bits per heavy atom. The molecular weight excluding hydrogens is 252 g/mol. The largest absolute Gasteiger partial charge is 0.444 e. The zero-order valence-electron chi connectivity index (χ0n) is 12.5. The standard InChI is InChI=1S/C16H24N2O2/c1-16(2,3)20-15(19)18-11-7-10-13(18)14(17)12-8-5-4-6-9-12/h4-6,8-9,13-14H,7,10-11,17H2,1-3H3/t13-,14+/m0/s1. The molecule has 1 aromatic carbocycles. The number of carbonyl (C=O) groups excluding carboxylic acids is 1. The van der Waals surface area contributed by atoms with E-state index in [0.29, 0.717) is 0 Å². The number of nitrogens with zero attached hydrogens (tertiary/aromatic N) is 1. The Bertz CT molecular complexity index is 453. The van der Waals surface area contributed by atoms with Gasteiger partial charge in [-0.25, -0.2) is 4.79 Å². The van der Waals surface area contributed by atoms with Crippen LogP contribution in [0.3, 0.4) is 0 Å². The first kappa shape index (κ1) is 14.9. The molecule has 20 heavy (non-hydrogen) atoms. The minimum absolute atomic E-state index is 0.0206. The second kappa shape index (κ2) is 5.83. The topological polar surface area (TPSA) is 55.6 Å². The summed E-state index contributed by atoms with van der Waals surface area (Å²) in [5, 5.41) is 0. The van der Waals surface area contributed by atoms with Crippen molar-refractivity contribution < 1.29 is 9.53 Å². The Hall–Kier alpha value is -1.55. The summed E-state index contributed by atoms with van der Waals surface area (Å²) in [6.07, 6.45) is 1.64. The number of hydrogen-bond donors (Lipinski definition) is 1. The third-order valence-electron chi connectivity index (χ3n) is 3.53. The van der Waals surface area contributed by atoms with Gasteiger partial charge in [0.2, 0.25) is 0 Å². The Balaban J connectivity index is 2.09. The van der Waals surface area contributed by atoms with Crippen molar-refractivity contribution in [1.29, 1.82) is 0 Å². The fourth-order valence-electron chi connectivity index (χ4n) is 2.61. The van der Waals surface area contributed by atoms with Crippen LogP contribution in [0.1, 0.15) is 45.2 Å². The lowest BCUT2D eigenvalue weighted by molar-refractivity contribution is 0.0206. The third-order valence-corrected chi connectivity index (χ3v) is 3.53. The average Bonchev–Trinajstić information content (AvgIpc) is 2.86. The van der Waals surface area contributed by atoms with E-state index in [2.05, 4.69) is 0 Å². The highest BCUT2D eigenvalue weighted by molar-refractivity contribution is 5.69. The molecule has 1 saturated heterocycles. The zero-order chi connectivity index (χ0) is 14.8. The fraction of sp³-hybridized carbons (Fsp3) is 0.562. The van der Waals surface area contributed by atoms with E-state index < -0.39 is 5.60 Å². The number of benzene rings is 1. The quantitative estimate of drug-likeness (QED) is 0.903. The molecule has 0 unspecified atom stereocenters. The molecule has 2 rings (SSSR count). The molecule has 2 N–H and O–H groups in total. The number of ether oxygens (including phenoxy) is 1. The highest BCUT2D eigenvalue weighted by atomic mass is 16.6. The van der Waals surface area contributed by atoms with Crippen LogP contribution in [0, 0.1) is 0 Å². The second-order valence-electron chi connectivity index (χ2n) is 6.32. The third kappa shape index (κ3) is 3.51. The van der Waals surface area contributed by atoms with E-state index in [1.165, 1.54) is 0 Å². The first-order chi connectivity index (χ1) is 9.38. The van der Waals surface area contributed by atoms with Crippen LogP contribution in [0.2, 0.25) is 0 Å². The number of likely N-dealkylation sites (tertiary alicyclic amines) is 1. The summed E-state index contributed by atoms with van der Waals surface area (Å²) in [5.74, 6) is 0. The molecule has 1 aliphatic heterocycles. The minimum atomic E-state index is -0.471. The van der Waals surface area contributed by atoms with Gasteiger partial charge in [-0.15, -0.1) is 0 Å². The van der Waals surface area contributed by atoms with Crippen LogP contribution < -0.4 is 5.73 Å². The maximum absolute atomic E-state index is 12.3. The van der Waals surface area contributed by atoms with Crippen molar-refractivity contribution in [2.75, 3.05) is 6.54 Å². The van der Waals surface area contributed by atoms with Crippen LogP contribution in [0.25, 0.3) is 0 Å². The summed E-state index contributed by atoms with van der Waals surface area (Å²) in [5.41, 5.74) is 6.93. The van der Waals surface area contributed by atoms with Crippen LogP contribution in [-0.4, -0.2) is 29.2 Å². The van der Waals surface area contributed by atoms with Crippen molar-refractivity contribution in [1.82, 2.24) is 4.90 Å². The fourth-order valence-corrected chi connectivity index (χ4v) is 2.61. The van der Waals surface area contributed by atoms with E-state index >= 15 is 0 Å². The smallest absolute Gasteiger partial charge is 0.410 e. The van der Waals surface area contributed by atoms with Gasteiger partial charge in [-0.05, 0) is 39.2 Å². The monoisotopic (exact) mass is 276 g/mol. The van der Waals surface area contributed by atoms with Crippen LogP contribution in [0.4, 0.5) is 4.79 Å². The summed E-state index contributed by atoms with van der Waals surface area (Å²) < 4.78 is 5.47. The SMILES string of the molecule is CC(C)(C)OC(=O)N1CCC[C@H]1[C@H](N)c1ccccc1. The maximum atomic E-state index is 12.3. The molecule has 0 bridgehead atoms. The molecule has 0 aliphatic carbocycles. The molecule has 0 radical (unpaired) electrons. The molecule has 0 spiro atoms. The van der Waals surface area contributed by atoms with Gasteiger partial charge < -0.3 is 15.4 Å². The number of amides is 1. The van der Waals surface area contributed by atoms with E-state index in [9.17, 15) is 4.79 Å². The molecule has 1 aliphatic rings. The van der Waals surface area contributed by atoms with Gasteiger partial charge in [0, 0.05) is 6.54 Å². The van der Waals surface area contributed by atoms with Crippen molar-refractivity contribution in [3.63, 3.8) is 0 Å². The van der Waals surface area contributed by atoms with Crippen molar-refractivity contribution in [2.45, 2.75) is 51.3 Å². The molecular formula is C16H24N2O2. The van der Waals surface area contributed by atoms with Gasteiger partial charge in [0.15, 0.2) is 0 Å². The van der Waals surface area contributed by atoms with Gasteiger partial charge in [-0.3, -0.25) is 0 Å². The summed E-state index contributed by atoms with van der Waals surface area (Å²) >= 11 is 0. The van der Waals surface area contributed by atoms with Gasteiger partial charge >= 0.3 is 6.09 Å². The second-order valence-corrected chi connectivity index (χ2v) is 6.32. The number of rotatable bonds is 2. The molecule has 0 saturated carbocycles. The summed E-state index contributed by atoms with van der Waals surface area (Å²) in [6, 6.07) is 9.80. The summed E-state index contributed by atoms with van der Waals surface area (Å²) in [6.45, 7) is 6.37. The van der Waals surface area contributed by atoms with Crippen LogP contribution >= 0.6 is 0 Å². The van der Waals surface area contributed by atoms with E-state index in [1.54, 1.807) is 4.90 Å². The van der Waals surface area contributed by atoms with Gasteiger partial charge in [-0.2, -0.15) is 0 Å². The van der Waals surface area contributed by atoms with E-state index in [4.69, 9.17) is 10.5 Å². The molecule has 1 aromatic rings. The molecule has 1 amide bonds. The summed E-state index contributed by atoms with van der Waals surface area (Å²) in [4.78, 5) is 14.0. The first-order valence-electron chi connectivity index (χ1n) is 7.18. The molecule has 4 nitrogen and oxygen atoms in total. The molecule has 1 fully saturated rings. The molecule has 2 atom stereocenters. The molecule has 110 valence electrons. The Morgan fingerprint density at radius 2 is 2.00 bits per heavy atom. The van der Waals surface area contributed by atoms with Crippen LogP contribution in [-0.2, 0) is 4.74 Å². The highest BCUT2D eigenvalue weighted by Crippen LogP contribution is 2.29. The number of hydrogen-bond acceptors (Lipinski definition) is 3. The van der Waals surface area contributed by atoms with E-state index in [-0.39, 0.29) is 18.2 Å². The molecule has 4 heteroatoms. The highest BCUT2D eigenvalue weighted by Gasteiger charge is 2.36. The molecule has 0 aromatic heterocycles. The predicted molar refractivity (Wildman–Crippen MR) is 79.3 cm³/mol. The Kier molecular flexibility index (Phi) is 4.33. The Labute approximate surface area is 120 Å². The van der Waals surface area contributed by atoms with Crippen molar-refractivity contribution in [2.24, 2.45) is 5.73 Å². The lowest BCUT2D eigenvalue weighted by Crippen LogP contribution is -2.44. The molecule has 1 heterocycles. The predicted octanol–water partition coefficient (Wildman–Crippen LogP) is 3.09. The van der Waals surface area contributed by atoms with Gasteiger partial charge in [0.25, 0.3) is 0 Å². The van der Waals surface area contributed by atoms with Gasteiger partial charge in [0.1, 0.15) is 5.60 Å². The van der Waals surface area contributed by atoms with Crippen molar-refractivity contribution in [3.05, 3.63) is 35.9 Å². The zero-order valence-corrected chi connectivity index (χ0v) is 12.5. The normalized spacial score (nSPS) is 20.8. The summed E-state index contributed by atoms with van der Waals surface area (Å²) in [7, 11) is 0. The first-order valence-corrected chi connectivity index (χ1v) is 7.18. The number of nitrogens with two attached hydrogens (primary N) is 1. The van der Waals surface area contributed by atoms with E-state index in [1.807, 2.05) is 51.1 Å². The van der Waals surface area contributed by atoms with Crippen LogP contribution in [0.5, 0.6) is 0 Å². The number of carbonyl (C=O) groups is 1. The van der Waals surface area contributed by atoms with Gasteiger partial charge in [0.05, 0.1) is 12.1 Å². The van der Waals surface area contributed by atoms with Crippen molar-refractivity contribution in [3.8, 4) is 0 Å². The lowest BCUT2D eigenvalue weighted by atomic mass is 9.98. The van der Waals surface area contributed by atoms with Crippen LogP contribution in [0.15, 0.2) is 30.3 Å². The van der Waals surface area contributed by atoms with E-state index in [0.717, 1.165) is 24.9 Å². The van der Waals surface area contributed by atoms with Gasteiger partial charge in [-0.1, -0.05) is 30.3 Å². The Morgan fingerprint density at radius 3 is 2.60 bits per heavy atom. The minimum Gasteiger partial charge on any atom is -0.444 e. The maximum Gasteiger partial charge on any atom is 0.410 e. The lowest BCUT2D eigenvalue weighted by Gasteiger charge is -2.31. The average molecular weight is 276 g/mol.